The van der Waals surface area contributed by atoms with Crippen LogP contribution in [-0.2, 0) is 11.2 Å². The van der Waals surface area contributed by atoms with Gasteiger partial charge in [0.2, 0.25) is 5.91 Å². The number of nitrogens with one attached hydrogen (secondary N) is 1. The Morgan fingerprint density at radius 2 is 2.17 bits per heavy atom. The number of alkyl halides is 1. The van der Waals surface area contributed by atoms with Gasteiger partial charge in [0.05, 0.1) is 5.38 Å². The summed E-state index contributed by atoms with van der Waals surface area (Å²) in [6.07, 6.45) is 6.08. The first-order valence-corrected chi connectivity index (χ1v) is 7.21. The van der Waals surface area contributed by atoms with E-state index in [0.717, 1.165) is 18.5 Å². The number of amides is 1. The molecule has 1 unspecified atom stereocenters. The number of halogens is 1. The van der Waals surface area contributed by atoms with Crippen molar-refractivity contribution in [3.63, 3.8) is 0 Å². The standard InChI is InChI=1S/C15H20ClNO/c1-2-3-4-5-13(16)11-6-8-14-12(10-11)7-9-15(18)17-14/h6,8,10,13H,2-5,7,9H2,1H3,(H,17,18). The summed E-state index contributed by atoms with van der Waals surface area (Å²) >= 11 is 6.43. The maximum absolute atomic E-state index is 11.3. The molecule has 3 heteroatoms. The fraction of sp³-hybridized carbons (Fsp3) is 0.533. The number of hydrogen-bond acceptors (Lipinski definition) is 1. The summed E-state index contributed by atoms with van der Waals surface area (Å²) in [5, 5.41) is 2.99. The minimum absolute atomic E-state index is 0.0967. The third-order valence-electron chi connectivity index (χ3n) is 3.45. The fourth-order valence-corrected chi connectivity index (χ4v) is 2.63. The van der Waals surface area contributed by atoms with E-state index in [0.29, 0.717) is 6.42 Å². The van der Waals surface area contributed by atoms with E-state index in [9.17, 15) is 4.79 Å². The van der Waals surface area contributed by atoms with Crippen LogP contribution >= 0.6 is 11.6 Å². The molecule has 1 amide bonds. The first-order chi connectivity index (χ1) is 8.70. The maximum atomic E-state index is 11.3. The minimum Gasteiger partial charge on any atom is -0.326 e. The first-order valence-electron chi connectivity index (χ1n) is 6.77. The molecule has 0 bridgehead atoms. The van der Waals surface area contributed by atoms with Crippen LogP contribution in [0, 0.1) is 0 Å². The Morgan fingerprint density at radius 3 is 2.94 bits per heavy atom. The zero-order chi connectivity index (χ0) is 13.0. The van der Waals surface area contributed by atoms with Crippen molar-refractivity contribution < 1.29 is 4.79 Å². The number of unbranched alkanes of at least 4 members (excludes halogenated alkanes) is 2. The number of benzene rings is 1. The molecule has 0 spiro atoms. The SMILES string of the molecule is CCCCCC(Cl)c1ccc2c(c1)CCC(=O)N2. The third-order valence-corrected chi connectivity index (χ3v) is 3.92. The van der Waals surface area contributed by atoms with E-state index in [2.05, 4.69) is 18.3 Å². The number of fused-ring (bicyclic) bond motifs is 1. The highest BCUT2D eigenvalue weighted by Gasteiger charge is 2.16. The summed E-state index contributed by atoms with van der Waals surface area (Å²) in [7, 11) is 0. The van der Waals surface area contributed by atoms with Crippen LogP contribution in [0.5, 0.6) is 0 Å². The van der Waals surface area contributed by atoms with Crippen LogP contribution in [0.2, 0.25) is 0 Å². The predicted molar refractivity (Wildman–Crippen MR) is 76.1 cm³/mol. The lowest BCUT2D eigenvalue weighted by Crippen LogP contribution is -2.19. The molecule has 0 fully saturated rings. The lowest BCUT2D eigenvalue weighted by molar-refractivity contribution is -0.116. The van der Waals surface area contributed by atoms with E-state index in [1.54, 1.807) is 0 Å². The summed E-state index contributed by atoms with van der Waals surface area (Å²) in [6, 6.07) is 6.17. The average Bonchev–Trinajstić information content (AvgIpc) is 2.38. The number of carbonyl (C=O) groups is 1. The number of aryl methyl sites for hydroxylation is 1. The molecule has 0 aliphatic carbocycles. The van der Waals surface area contributed by atoms with Gasteiger partial charge in [0.1, 0.15) is 0 Å². The van der Waals surface area contributed by atoms with E-state index in [1.165, 1.54) is 30.4 Å². The van der Waals surface area contributed by atoms with E-state index in [1.807, 2.05) is 12.1 Å². The molecule has 0 saturated carbocycles. The topological polar surface area (TPSA) is 29.1 Å². The molecule has 1 aliphatic rings. The molecule has 2 rings (SSSR count). The van der Waals surface area contributed by atoms with Crippen LogP contribution in [0.25, 0.3) is 0 Å². The normalized spacial score (nSPS) is 16.0. The van der Waals surface area contributed by atoms with Crippen LogP contribution in [-0.4, -0.2) is 5.91 Å². The Kier molecular flexibility index (Phi) is 4.65. The van der Waals surface area contributed by atoms with Gasteiger partial charge in [-0.25, -0.2) is 0 Å². The zero-order valence-electron chi connectivity index (χ0n) is 10.8. The highest BCUT2D eigenvalue weighted by molar-refractivity contribution is 6.20. The van der Waals surface area contributed by atoms with Gasteiger partial charge in [-0.05, 0) is 30.0 Å². The summed E-state index contributed by atoms with van der Waals surface area (Å²) in [6.45, 7) is 2.20. The minimum atomic E-state index is 0.0967. The summed E-state index contributed by atoms with van der Waals surface area (Å²) in [5.74, 6) is 0.112. The van der Waals surface area contributed by atoms with Gasteiger partial charge in [-0.15, -0.1) is 11.6 Å². The van der Waals surface area contributed by atoms with Gasteiger partial charge in [0.25, 0.3) is 0 Å². The third kappa shape index (κ3) is 3.26. The van der Waals surface area contributed by atoms with Crippen molar-refractivity contribution in [2.24, 2.45) is 0 Å². The van der Waals surface area contributed by atoms with Crippen LogP contribution in [0.3, 0.4) is 0 Å². The second kappa shape index (κ2) is 6.24. The number of carbonyl (C=O) groups excluding carboxylic acids is 1. The molecule has 2 nitrogen and oxygen atoms in total. The smallest absolute Gasteiger partial charge is 0.224 e. The molecule has 1 atom stereocenters. The van der Waals surface area contributed by atoms with Gasteiger partial charge < -0.3 is 5.32 Å². The van der Waals surface area contributed by atoms with Gasteiger partial charge in [-0.3, -0.25) is 4.79 Å². The second-order valence-corrected chi connectivity index (χ2v) is 5.45. The highest BCUT2D eigenvalue weighted by atomic mass is 35.5. The van der Waals surface area contributed by atoms with E-state index >= 15 is 0 Å². The van der Waals surface area contributed by atoms with Crippen molar-refractivity contribution in [1.82, 2.24) is 0 Å². The molecular formula is C15H20ClNO. The van der Waals surface area contributed by atoms with Crippen LogP contribution in [0.4, 0.5) is 5.69 Å². The summed E-state index contributed by atoms with van der Waals surface area (Å²) in [4.78, 5) is 11.3. The van der Waals surface area contributed by atoms with Crippen LogP contribution < -0.4 is 5.32 Å². The van der Waals surface area contributed by atoms with Gasteiger partial charge in [0, 0.05) is 12.1 Å². The lowest BCUT2D eigenvalue weighted by Gasteiger charge is -2.19. The quantitative estimate of drug-likeness (QED) is 0.619. The van der Waals surface area contributed by atoms with Gasteiger partial charge in [-0.1, -0.05) is 38.3 Å². The number of rotatable bonds is 5. The van der Waals surface area contributed by atoms with Crippen molar-refractivity contribution in [3.8, 4) is 0 Å². The molecule has 1 aromatic carbocycles. The fourth-order valence-electron chi connectivity index (χ4n) is 2.34. The van der Waals surface area contributed by atoms with Crippen molar-refractivity contribution in [2.75, 3.05) is 5.32 Å². The van der Waals surface area contributed by atoms with E-state index in [-0.39, 0.29) is 11.3 Å². The molecular weight excluding hydrogens is 246 g/mol. The number of hydrogen-bond donors (Lipinski definition) is 1. The Balaban J connectivity index is 2.04. The largest absolute Gasteiger partial charge is 0.326 e. The highest BCUT2D eigenvalue weighted by Crippen LogP contribution is 2.31. The Bertz CT molecular complexity index is 431. The predicted octanol–water partition coefficient (Wildman–Crippen LogP) is 4.43. The Labute approximate surface area is 114 Å². The molecule has 1 aromatic rings. The van der Waals surface area contributed by atoms with Gasteiger partial charge in [-0.2, -0.15) is 0 Å². The molecule has 0 radical (unpaired) electrons. The summed E-state index contributed by atoms with van der Waals surface area (Å²) in [5.41, 5.74) is 3.35. The molecule has 0 saturated heterocycles. The van der Waals surface area contributed by atoms with E-state index in [4.69, 9.17) is 11.6 Å². The van der Waals surface area contributed by atoms with Crippen molar-refractivity contribution in [1.29, 1.82) is 0 Å². The molecule has 1 N–H and O–H groups in total. The van der Waals surface area contributed by atoms with Gasteiger partial charge in [0.15, 0.2) is 0 Å². The average molecular weight is 266 g/mol. The molecule has 98 valence electrons. The van der Waals surface area contributed by atoms with Crippen molar-refractivity contribution >= 4 is 23.2 Å². The Hall–Kier alpha value is -1.02. The maximum Gasteiger partial charge on any atom is 0.224 e. The van der Waals surface area contributed by atoms with Gasteiger partial charge >= 0.3 is 0 Å². The van der Waals surface area contributed by atoms with Crippen LogP contribution in [0.1, 0.15) is 55.5 Å². The summed E-state index contributed by atoms with van der Waals surface area (Å²) < 4.78 is 0. The number of anilines is 1. The molecule has 18 heavy (non-hydrogen) atoms. The molecule has 1 aliphatic heterocycles. The van der Waals surface area contributed by atoms with Crippen molar-refractivity contribution in [2.45, 2.75) is 50.8 Å². The zero-order valence-corrected chi connectivity index (χ0v) is 11.6. The van der Waals surface area contributed by atoms with Crippen molar-refractivity contribution in [3.05, 3.63) is 29.3 Å². The van der Waals surface area contributed by atoms with E-state index < -0.39 is 0 Å². The van der Waals surface area contributed by atoms with Crippen LogP contribution in [0.15, 0.2) is 18.2 Å². The lowest BCUT2D eigenvalue weighted by atomic mass is 9.97. The monoisotopic (exact) mass is 265 g/mol. The Morgan fingerprint density at radius 1 is 1.33 bits per heavy atom. The first kappa shape index (κ1) is 13.4. The molecule has 1 heterocycles. The second-order valence-electron chi connectivity index (χ2n) is 4.93. The molecule has 0 aromatic heterocycles.